The average Bonchev–Trinajstić information content (AvgIpc) is 3.18. The minimum absolute atomic E-state index is 0.112. The lowest BCUT2D eigenvalue weighted by molar-refractivity contribution is -0.134. The van der Waals surface area contributed by atoms with Crippen molar-refractivity contribution < 1.29 is 9.53 Å². The second kappa shape index (κ2) is 10.3. The first-order valence-corrected chi connectivity index (χ1v) is 11.9. The molecule has 0 bridgehead atoms. The van der Waals surface area contributed by atoms with Crippen molar-refractivity contribution in [2.75, 3.05) is 13.1 Å². The van der Waals surface area contributed by atoms with E-state index in [-0.39, 0.29) is 11.4 Å². The largest absolute Gasteiger partial charge is 0.426 e. The molecule has 1 heterocycles. The molecule has 0 saturated heterocycles. The van der Waals surface area contributed by atoms with Gasteiger partial charge in [-0.2, -0.15) is 0 Å². The number of amidine groups is 1. The Morgan fingerprint density at radius 3 is 2.53 bits per heavy atom. The van der Waals surface area contributed by atoms with Crippen LogP contribution in [0, 0.1) is 13.8 Å². The van der Waals surface area contributed by atoms with E-state index in [1.807, 2.05) is 0 Å². The highest BCUT2D eigenvalue weighted by Crippen LogP contribution is 2.38. The number of benzene rings is 2. The number of rotatable bonds is 8. The summed E-state index contributed by atoms with van der Waals surface area (Å²) in [6.45, 7) is 15.5. The van der Waals surface area contributed by atoms with Gasteiger partial charge < -0.3 is 9.64 Å². The summed E-state index contributed by atoms with van der Waals surface area (Å²) in [6, 6.07) is 12.8. The number of carbonyl (C=O) groups is 1. The van der Waals surface area contributed by atoms with Crippen molar-refractivity contribution in [1.29, 1.82) is 0 Å². The Hall–Kier alpha value is -2.62. The minimum Gasteiger partial charge on any atom is -0.426 e. The van der Waals surface area contributed by atoms with Gasteiger partial charge in [-0.1, -0.05) is 70.5 Å². The van der Waals surface area contributed by atoms with Crippen molar-refractivity contribution in [2.45, 2.75) is 79.2 Å². The Morgan fingerprint density at radius 2 is 1.88 bits per heavy atom. The Labute approximate surface area is 193 Å². The molecular formula is C28H38N2O2. The number of unbranched alkanes of at least 4 members (excludes halogenated alkanes) is 1. The summed E-state index contributed by atoms with van der Waals surface area (Å²) in [7, 11) is 0. The first-order valence-electron chi connectivity index (χ1n) is 11.9. The highest BCUT2D eigenvalue weighted by Gasteiger charge is 2.27. The van der Waals surface area contributed by atoms with Crippen molar-refractivity contribution in [1.82, 2.24) is 4.90 Å². The molecular weight excluding hydrogens is 396 g/mol. The van der Waals surface area contributed by atoms with Crippen molar-refractivity contribution >= 4 is 11.8 Å². The van der Waals surface area contributed by atoms with Crippen molar-refractivity contribution in [3.05, 3.63) is 64.2 Å². The van der Waals surface area contributed by atoms with E-state index < -0.39 is 0 Å². The van der Waals surface area contributed by atoms with Gasteiger partial charge >= 0.3 is 5.97 Å². The molecule has 0 N–H and O–H groups in total. The van der Waals surface area contributed by atoms with Crippen molar-refractivity contribution in [2.24, 2.45) is 4.99 Å². The van der Waals surface area contributed by atoms with Gasteiger partial charge in [0.05, 0.1) is 6.54 Å². The van der Waals surface area contributed by atoms with Crippen LogP contribution in [-0.4, -0.2) is 29.8 Å². The fourth-order valence-corrected chi connectivity index (χ4v) is 4.28. The monoisotopic (exact) mass is 434 g/mol. The van der Waals surface area contributed by atoms with Gasteiger partial charge in [0.25, 0.3) is 0 Å². The molecule has 2 aromatic rings. The van der Waals surface area contributed by atoms with Gasteiger partial charge in [-0.05, 0) is 47.9 Å². The fourth-order valence-electron chi connectivity index (χ4n) is 4.28. The number of hydrogen-bond acceptors (Lipinski definition) is 4. The molecule has 0 unspecified atom stereocenters. The van der Waals surface area contributed by atoms with Crippen LogP contribution in [0.3, 0.4) is 0 Å². The standard InChI is InChI=1S/C28H38N2O2/c1-7-8-14-26(31)32-27-21(3)23(20(2)17-24(27)28(4,5)6)18-25-29-15-16-30(25)19-22-12-10-9-11-13-22/h9-13,17H,7-8,14-16,18-19H2,1-6H3. The molecule has 172 valence electrons. The molecule has 0 amide bonds. The van der Waals surface area contributed by atoms with E-state index in [2.05, 4.69) is 82.8 Å². The third-order valence-electron chi connectivity index (χ3n) is 6.21. The van der Waals surface area contributed by atoms with Crippen LogP contribution in [0.4, 0.5) is 0 Å². The molecule has 0 aliphatic carbocycles. The second-order valence-corrected chi connectivity index (χ2v) is 9.88. The van der Waals surface area contributed by atoms with E-state index in [9.17, 15) is 4.79 Å². The van der Waals surface area contributed by atoms with Crippen LogP contribution < -0.4 is 4.74 Å². The number of nitrogens with zero attached hydrogens (tertiary/aromatic N) is 2. The van der Waals surface area contributed by atoms with Crippen LogP contribution in [0.1, 0.15) is 74.8 Å². The molecule has 0 saturated carbocycles. The molecule has 0 spiro atoms. The molecule has 0 fully saturated rings. The van der Waals surface area contributed by atoms with Crippen LogP contribution >= 0.6 is 0 Å². The van der Waals surface area contributed by atoms with Gasteiger partial charge in [-0.25, -0.2) is 0 Å². The lowest BCUT2D eigenvalue weighted by atomic mass is 9.82. The van der Waals surface area contributed by atoms with Crippen molar-refractivity contribution in [3.63, 3.8) is 0 Å². The van der Waals surface area contributed by atoms with E-state index >= 15 is 0 Å². The highest BCUT2D eigenvalue weighted by atomic mass is 16.5. The van der Waals surface area contributed by atoms with Gasteiger partial charge in [0.15, 0.2) is 0 Å². The van der Waals surface area contributed by atoms with Gasteiger partial charge in [0, 0.05) is 31.5 Å². The third kappa shape index (κ3) is 5.79. The summed E-state index contributed by atoms with van der Waals surface area (Å²) in [6.07, 6.45) is 3.05. The summed E-state index contributed by atoms with van der Waals surface area (Å²) in [5.74, 6) is 1.72. The highest BCUT2D eigenvalue weighted by molar-refractivity contribution is 5.87. The molecule has 1 aliphatic heterocycles. The average molecular weight is 435 g/mol. The first-order chi connectivity index (χ1) is 15.2. The minimum atomic E-state index is -0.140. The van der Waals surface area contributed by atoms with E-state index in [0.717, 1.165) is 61.6 Å². The molecule has 0 aromatic heterocycles. The maximum Gasteiger partial charge on any atom is 0.311 e. The molecule has 32 heavy (non-hydrogen) atoms. The normalized spacial score (nSPS) is 13.9. The first kappa shape index (κ1) is 24.0. The number of hydrogen-bond donors (Lipinski definition) is 0. The SMILES string of the molecule is CCCCC(=O)Oc1c(C(C)(C)C)cc(C)c(CC2=NCCN2Cc2ccccc2)c1C. The smallest absolute Gasteiger partial charge is 0.311 e. The van der Waals surface area contributed by atoms with E-state index in [1.54, 1.807) is 0 Å². The van der Waals surface area contributed by atoms with Crippen molar-refractivity contribution in [3.8, 4) is 5.75 Å². The Balaban J connectivity index is 1.90. The fraction of sp³-hybridized carbons (Fsp3) is 0.500. The maximum absolute atomic E-state index is 12.5. The van der Waals surface area contributed by atoms with Gasteiger partial charge in [0.2, 0.25) is 0 Å². The number of carbonyl (C=O) groups excluding carboxylic acids is 1. The van der Waals surface area contributed by atoms with Crippen LogP contribution in [0.15, 0.2) is 41.4 Å². The van der Waals surface area contributed by atoms with E-state index in [0.29, 0.717) is 6.42 Å². The molecule has 0 radical (unpaired) electrons. The lowest BCUT2D eigenvalue weighted by Crippen LogP contribution is -2.29. The van der Waals surface area contributed by atoms with E-state index in [1.165, 1.54) is 16.7 Å². The zero-order valence-electron chi connectivity index (χ0n) is 20.6. The molecule has 1 aliphatic rings. The van der Waals surface area contributed by atoms with Crippen LogP contribution in [0.2, 0.25) is 0 Å². The van der Waals surface area contributed by atoms with Gasteiger partial charge in [-0.3, -0.25) is 9.79 Å². The summed E-state index contributed by atoms with van der Waals surface area (Å²) < 4.78 is 6.00. The number of aliphatic imine (C=N–C) groups is 1. The molecule has 2 aromatic carbocycles. The summed E-state index contributed by atoms with van der Waals surface area (Å²) in [4.78, 5) is 19.7. The molecule has 4 nitrogen and oxygen atoms in total. The topological polar surface area (TPSA) is 41.9 Å². The zero-order chi connectivity index (χ0) is 23.3. The quantitative estimate of drug-likeness (QED) is 0.369. The van der Waals surface area contributed by atoms with Gasteiger partial charge in [0.1, 0.15) is 11.6 Å². The number of esters is 1. The zero-order valence-corrected chi connectivity index (χ0v) is 20.6. The predicted octanol–water partition coefficient (Wildman–Crippen LogP) is 6.15. The van der Waals surface area contributed by atoms with Crippen LogP contribution in [-0.2, 0) is 23.2 Å². The van der Waals surface area contributed by atoms with Crippen LogP contribution in [0.5, 0.6) is 5.75 Å². The maximum atomic E-state index is 12.5. The van der Waals surface area contributed by atoms with Crippen LogP contribution in [0.25, 0.3) is 0 Å². The third-order valence-corrected chi connectivity index (χ3v) is 6.21. The molecule has 0 atom stereocenters. The Bertz CT molecular complexity index is 971. The summed E-state index contributed by atoms with van der Waals surface area (Å²) in [5, 5.41) is 0. The predicted molar refractivity (Wildman–Crippen MR) is 133 cm³/mol. The lowest BCUT2D eigenvalue weighted by Gasteiger charge is -2.27. The summed E-state index contributed by atoms with van der Waals surface area (Å²) >= 11 is 0. The Morgan fingerprint density at radius 1 is 1.16 bits per heavy atom. The van der Waals surface area contributed by atoms with E-state index in [4.69, 9.17) is 9.73 Å². The molecule has 3 rings (SSSR count). The van der Waals surface area contributed by atoms with Gasteiger partial charge in [-0.15, -0.1) is 0 Å². The molecule has 4 heteroatoms. The number of aryl methyl sites for hydroxylation is 1. The summed E-state index contributed by atoms with van der Waals surface area (Å²) in [5.41, 5.74) is 5.79. The Kier molecular flexibility index (Phi) is 7.76. The second-order valence-electron chi connectivity index (χ2n) is 9.88. The number of ether oxygens (including phenoxy) is 1.